The Morgan fingerprint density at radius 1 is 1.21 bits per heavy atom. The third kappa shape index (κ3) is 7.10. The van der Waals surface area contributed by atoms with Crippen LogP contribution in [0.2, 0.25) is 0 Å². The molecule has 0 saturated heterocycles. The van der Waals surface area contributed by atoms with Gasteiger partial charge in [-0.3, -0.25) is 10.1 Å². The van der Waals surface area contributed by atoms with Crippen LogP contribution < -0.4 is 20.7 Å². The first-order valence-electron chi connectivity index (χ1n) is 8.80. The number of rotatable bonds is 10. The number of aliphatic hydroxyl groups excluding tert-OH is 1. The molecule has 10 nitrogen and oxygen atoms in total. The topological polar surface area (TPSA) is 150 Å². The predicted octanol–water partition coefficient (Wildman–Crippen LogP) is 1.62. The maximum Gasteiger partial charge on any atom is 0.319 e. The average Bonchev–Trinajstić information content (AvgIpc) is 2.72. The van der Waals surface area contributed by atoms with Gasteiger partial charge in [0.1, 0.15) is 30.2 Å². The highest BCUT2D eigenvalue weighted by Gasteiger charge is 2.14. The molecule has 1 unspecified atom stereocenters. The van der Waals surface area contributed by atoms with Crippen LogP contribution in [-0.2, 0) is 0 Å². The minimum absolute atomic E-state index is 0.0112. The van der Waals surface area contributed by atoms with Crippen molar-refractivity contribution in [2.24, 2.45) is 0 Å². The van der Waals surface area contributed by atoms with Crippen LogP contribution in [0.4, 0.5) is 16.2 Å². The highest BCUT2D eigenvalue weighted by molar-refractivity contribution is 5.91. The van der Waals surface area contributed by atoms with Crippen LogP contribution in [0.25, 0.3) is 0 Å². The quantitative estimate of drug-likeness (QED) is 0.269. The molecule has 152 valence electrons. The number of nitro benzene ring substituents is 1. The second-order valence-electron chi connectivity index (χ2n) is 5.93. The van der Waals surface area contributed by atoms with Crippen molar-refractivity contribution in [3.05, 3.63) is 64.2 Å². The number of hydrogen-bond donors (Lipinski definition) is 4. The summed E-state index contributed by atoms with van der Waals surface area (Å²) in [6.45, 7) is 0.854. The fourth-order valence-electron chi connectivity index (χ4n) is 2.37. The SMILES string of the molecule is N#Cc1ccccc1OCC(O)CNCCNC(=O)Nc1ccccc1[N+](=O)[O-]. The molecule has 0 aromatic heterocycles. The number of nitrogens with zero attached hydrogens (tertiary/aromatic N) is 2. The van der Waals surface area contributed by atoms with E-state index in [9.17, 15) is 20.0 Å². The first-order chi connectivity index (χ1) is 14.0. The van der Waals surface area contributed by atoms with E-state index in [1.807, 2.05) is 6.07 Å². The first kappa shape index (κ1) is 21.6. The molecule has 0 aliphatic carbocycles. The summed E-state index contributed by atoms with van der Waals surface area (Å²) in [5, 5.41) is 37.8. The summed E-state index contributed by atoms with van der Waals surface area (Å²) < 4.78 is 5.43. The molecule has 0 heterocycles. The second kappa shape index (κ2) is 11.2. The average molecular weight is 399 g/mol. The number of amides is 2. The molecule has 0 bridgehead atoms. The summed E-state index contributed by atoms with van der Waals surface area (Å²) in [7, 11) is 0. The Morgan fingerprint density at radius 3 is 2.69 bits per heavy atom. The van der Waals surface area contributed by atoms with Crippen LogP contribution in [0.1, 0.15) is 5.56 Å². The number of benzene rings is 2. The summed E-state index contributed by atoms with van der Waals surface area (Å²) in [6, 6.07) is 14.0. The van der Waals surface area contributed by atoms with E-state index in [1.54, 1.807) is 30.3 Å². The van der Waals surface area contributed by atoms with Crippen LogP contribution in [0.5, 0.6) is 5.75 Å². The van der Waals surface area contributed by atoms with Gasteiger partial charge in [-0.1, -0.05) is 24.3 Å². The van der Waals surface area contributed by atoms with E-state index in [-0.39, 0.29) is 31.1 Å². The maximum atomic E-state index is 11.8. The van der Waals surface area contributed by atoms with Crippen molar-refractivity contribution in [3.63, 3.8) is 0 Å². The Kier molecular flexibility index (Phi) is 8.37. The number of para-hydroxylation sites is 3. The standard InChI is InChI=1S/C19H21N5O5/c20-11-14-5-1-4-8-18(14)29-13-15(25)12-21-9-10-22-19(26)23-16-6-2-3-7-17(16)24(27)28/h1-8,15,21,25H,9-10,12-13H2,(H2,22,23,26). The maximum absolute atomic E-state index is 11.8. The lowest BCUT2D eigenvalue weighted by Gasteiger charge is -2.14. The molecule has 2 rings (SSSR count). The summed E-state index contributed by atoms with van der Waals surface area (Å²) in [5.41, 5.74) is 0.302. The second-order valence-corrected chi connectivity index (χ2v) is 5.93. The number of anilines is 1. The van der Waals surface area contributed by atoms with Crippen LogP contribution in [0.3, 0.4) is 0 Å². The Bertz CT molecular complexity index is 883. The number of carbonyl (C=O) groups excluding carboxylic acids is 1. The Morgan fingerprint density at radius 2 is 1.93 bits per heavy atom. The van der Waals surface area contributed by atoms with Gasteiger partial charge in [-0.2, -0.15) is 5.26 Å². The zero-order chi connectivity index (χ0) is 21.1. The molecule has 0 fully saturated rings. The predicted molar refractivity (Wildman–Crippen MR) is 106 cm³/mol. The molecule has 2 amide bonds. The summed E-state index contributed by atoms with van der Waals surface area (Å²) in [6.07, 6.45) is -0.803. The van der Waals surface area contributed by atoms with E-state index >= 15 is 0 Å². The molecule has 0 spiro atoms. The summed E-state index contributed by atoms with van der Waals surface area (Å²) in [5.74, 6) is 0.405. The van der Waals surface area contributed by atoms with E-state index in [4.69, 9.17) is 10.00 Å². The lowest BCUT2D eigenvalue weighted by Crippen LogP contribution is -2.38. The van der Waals surface area contributed by atoms with Gasteiger partial charge in [-0.05, 0) is 18.2 Å². The fourth-order valence-corrected chi connectivity index (χ4v) is 2.37. The van der Waals surface area contributed by atoms with Gasteiger partial charge >= 0.3 is 6.03 Å². The van der Waals surface area contributed by atoms with Gasteiger partial charge in [0, 0.05) is 25.7 Å². The highest BCUT2D eigenvalue weighted by Crippen LogP contribution is 2.22. The molecular formula is C19H21N5O5. The molecule has 0 aliphatic heterocycles. The van der Waals surface area contributed by atoms with Crippen LogP contribution >= 0.6 is 0 Å². The van der Waals surface area contributed by atoms with Gasteiger partial charge in [0.05, 0.1) is 10.5 Å². The summed E-state index contributed by atoms with van der Waals surface area (Å²) in [4.78, 5) is 22.2. The van der Waals surface area contributed by atoms with Gasteiger partial charge in [0.25, 0.3) is 5.69 Å². The molecule has 2 aromatic rings. The van der Waals surface area contributed by atoms with E-state index in [0.29, 0.717) is 17.9 Å². The molecule has 0 aliphatic rings. The zero-order valence-electron chi connectivity index (χ0n) is 15.5. The molecule has 10 heteroatoms. The number of nitrogens with one attached hydrogen (secondary N) is 3. The van der Waals surface area contributed by atoms with Crippen LogP contribution in [0, 0.1) is 21.4 Å². The van der Waals surface area contributed by atoms with Gasteiger partial charge in [0.2, 0.25) is 0 Å². The molecule has 0 radical (unpaired) electrons. The highest BCUT2D eigenvalue weighted by atomic mass is 16.6. The van der Waals surface area contributed by atoms with Gasteiger partial charge < -0.3 is 25.8 Å². The lowest BCUT2D eigenvalue weighted by atomic mass is 10.2. The van der Waals surface area contributed by atoms with Gasteiger partial charge in [-0.15, -0.1) is 0 Å². The van der Waals surface area contributed by atoms with Gasteiger partial charge in [-0.25, -0.2) is 4.79 Å². The Labute approximate surface area is 167 Å². The molecule has 29 heavy (non-hydrogen) atoms. The zero-order valence-corrected chi connectivity index (χ0v) is 15.5. The number of ether oxygens (including phenoxy) is 1. The van der Waals surface area contributed by atoms with Crippen molar-refractivity contribution < 1.29 is 19.6 Å². The van der Waals surface area contributed by atoms with E-state index in [2.05, 4.69) is 16.0 Å². The number of urea groups is 1. The van der Waals surface area contributed by atoms with Crippen molar-refractivity contribution >= 4 is 17.4 Å². The van der Waals surface area contributed by atoms with E-state index in [1.165, 1.54) is 18.2 Å². The number of nitro groups is 1. The Hall–Kier alpha value is -3.68. The number of carbonyl (C=O) groups is 1. The normalized spacial score (nSPS) is 11.2. The molecule has 1 atom stereocenters. The molecular weight excluding hydrogens is 378 g/mol. The van der Waals surface area contributed by atoms with Crippen molar-refractivity contribution in [1.82, 2.24) is 10.6 Å². The Balaban J connectivity index is 1.63. The largest absolute Gasteiger partial charge is 0.489 e. The van der Waals surface area contributed by atoms with Crippen molar-refractivity contribution in [1.29, 1.82) is 5.26 Å². The number of hydrogen-bond acceptors (Lipinski definition) is 7. The minimum atomic E-state index is -0.803. The number of nitriles is 1. The third-order valence-corrected chi connectivity index (χ3v) is 3.75. The van der Waals surface area contributed by atoms with Gasteiger partial charge in [0.15, 0.2) is 0 Å². The van der Waals surface area contributed by atoms with Crippen LogP contribution in [0.15, 0.2) is 48.5 Å². The minimum Gasteiger partial charge on any atom is -0.489 e. The fraction of sp³-hybridized carbons (Fsp3) is 0.263. The monoisotopic (exact) mass is 399 g/mol. The van der Waals surface area contributed by atoms with E-state index in [0.717, 1.165) is 0 Å². The first-order valence-corrected chi connectivity index (χ1v) is 8.80. The smallest absolute Gasteiger partial charge is 0.319 e. The van der Waals surface area contributed by atoms with Crippen molar-refractivity contribution in [2.75, 3.05) is 31.6 Å². The summed E-state index contributed by atoms with van der Waals surface area (Å²) >= 11 is 0. The molecule has 0 saturated carbocycles. The van der Waals surface area contributed by atoms with Crippen molar-refractivity contribution in [2.45, 2.75) is 6.10 Å². The van der Waals surface area contributed by atoms with E-state index < -0.39 is 17.1 Å². The van der Waals surface area contributed by atoms with Crippen molar-refractivity contribution in [3.8, 4) is 11.8 Å². The lowest BCUT2D eigenvalue weighted by molar-refractivity contribution is -0.383. The molecule has 2 aromatic carbocycles. The van der Waals surface area contributed by atoms with Crippen LogP contribution in [-0.4, -0.2) is 48.4 Å². The third-order valence-electron chi connectivity index (χ3n) is 3.75. The number of aliphatic hydroxyl groups is 1. The molecule has 4 N–H and O–H groups in total.